The molecule has 19 heavy (non-hydrogen) atoms. The summed E-state index contributed by atoms with van der Waals surface area (Å²) in [5.41, 5.74) is 0. The highest BCUT2D eigenvalue weighted by molar-refractivity contribution is 5.69. The number of piperidine rings is 1. The fourth-order valence-corrected chi connectivity index (χ4v) is 2.25. The standard InChI is InChI=1S/C15H21NO3/c1-13(17)19-15-7-5-14(6-8-15)18-12-11-16-9-3-2-4-10-16/h5-8H,2-4,9-12H2,1H3. The monoisotopic (exact) mass is 263 g/mol. The third kappa shape index (κ3) is 4.91. The molecule has 1 saturated heterocycles. The van der Waals surface area contributed by atoms with Gasteiger partial charge in [-0.1, -0.05) is 6.42 Å². The molecule has 0 unspecified atom stereocenters. The lowest BCUT2D eigenvalue weighted by atomic mass is 10.1. The van der Waals surface area contributed by atoms with E-state index in [9.17, 15) is 4.79 Å². The molecule has 1 heterocycles. The predicted molar refractivity (Wildman–Crippen MR) is 73.5 cm³/mol. The molecule has 0 radical (unpaired) electrons. The molecule has 1 aliphatic rings. The second-order valence-corrected chi connectivity index (χ2v) is 4.82. The Morgan fingerprint density at radius 3 is 2.37 bits per heavy atom. The maximum absolute atomic E-state index is 10.8. The number of nitrogens with zero attached hydrogens (tertiary/aromatic N) is 1. The quantitative estimate of drug-likeness (QED) is 0.604. The first-order valence-corrected chi connectivity index (χ1v) is 6.88. The van der Waals surface area contributed by atoms with Gasteiger partial charge in [-0.25, -0.2) is 0 Å². The Morgan fingerprint density at radius 1 is 1.11 bits per heavy atom. The highest BCUT2D eigenvalue weighted by Crippen LogP contribution is 2.17. The summed E-state index contributed by atoms with van der Waals surface area (Å²) in [7, 11) is 0. The molecule has 0 N–H and O–H groups in total. The average Bonchev–Trinajstić information content (AvgIpc) is 2.41. The van der Waals surface area contributed by atoms with Crippen LogP contribution in [-0.4, -0.2) is 37.1 Å². The maximum Gasteiger partial charge on any atom is 0.308 e. The van der Waals surface area contributed by atoms with Crippen molar-refractivity contribution in [2.24, 2.45) is 0 Å². The molecule has 1 aliphatic heterocycles. The highest BCUT2D eigenvalue weighted by Gasteiger charge is 2.09. The van der Waals surface area contributed by atoms with Crippen molar-refractivity contribution in [1.29, 1.82) is 0 Å². The minimum atomic E-state index is -0.307. The van der Waals surface area contributed by atoms with Gasteiger partial charge in [0.2, 0.25) is 0 Å². The van der Waals surface area contributed by atoms with Crippen molar-refractivity contribution in [3.63, 3.8) is 0 Å². The van der Waals surface area contributed by atoms with Gasteiger partial charge >= 0.3 is 5.97 Å². The topological polar surface area (TPSA) is 38.8 Å². The first-order chi connectivity index (χ1) is 9.24. The molecule has 0 aliphatic carbocycles. The number of hydrogen-bond donors (Lipinski definition) is 0. The van der Waals surface area contributed by atoms with Crippen molar-refractivity contribution in [3.8, 4) is 11.5 Å². The second kappa shape index (κ2) is 7.14. The van der Waals surface area contributed by atoms with E-state index >= 15 is 0 Å². The van der Waals surface area contributed by atoms with Crippen molar-refractivity contribution in [2.45, 2.75) is 26.2 Å². The molecular formula is C15H21NO3. The number of carbonyl (C=O) groups excluding carboxylic acids is 1. The normalized spacial score (nSPS) is 16.1. The van der Waals surface area contributed by atoms with Crippen LogP contribution in [0.15, 0.2) is 24.3 Å². The number of carbonyl (C=O) groups is 1. The van der Waals surface area contributed by atoms with Crippen LogP contribution in [0, 0.1) is 0 Å². The first-order valence-electron chi connectivity index (χ1n) is 6.88. The minimum absolute atomic E-state index is 0.307. The summed E-state index contributed by atoms with van der Waals surface area (Å²) in [5.74, 6) is 1.06. The van der Waals surface area contributed by atoms with Crippen LogP contribution < -0.4 is 9.47 Å². The molecule has 0 amide bonds. The summed E-state index contributed by atoms with van der Waals surface area (Å²) in [4.78, 5) is 13.2. The fraction of sp³-hybridized carbons (Fsp3) is 0.533. The van der Waals surface area contributed by atoms with Gasteiger partial charge in [0.25, 0.3) is 0 Å². The van der Waals surface area contributed by atoms with E-state index in [1.54, 1.807) is 12.1 Å². The van der Waals surface area contributed by atoms with E-state index in [4.69, 9.17) is 9.47 Å². The molecule has 0 atom stereocenters. The van der Waals surface area contributed by atoms with Crippen molar-refractivity contribution in [3.05, 3.63) is 24.3 Å². The zero-order chi connectivity index (χ0) is 13.5. The van der Waals surface area contributed by atoms with Gasteiger partial charge in [0.05, 0.1) is 0 Å². The third-order valence-corrected chi connectivity index (χ3v) is 3.21. The van der Waals surface area contributed by atoms with Gasteiger partial charge in [0.1, 0.15) is 18.1 Å². The molecule has 4 heteroatoms. The number of likely N-dealkylation sites (tertiary alicyclic amines) is 1. The molecular weight excluding hydrogens is 242 g/mol. The Hall–Kier alpha value is -1.55. The van der Waals surface area contributed by atoms with E-state index in [2.05, 4.69) is 4.90 Å². The van der Waals surface area contributed by atoms with E-state index in [-0.39, 0.29) is 5.97 Å². The summed E-state index contributed by atoms with van der Waals surface area (Å²) in [5, 5.41) is 0. The SMILES string of the molecule is CC(=O)Oc1ccc(OCCN2CCCCC2)cc1. The van der Waals surface area contributed by atoms with Gasteiger partial charge in [-0.15, -0.1) is 0 Å². The number of esters is 1. The van der Waals surface area contributed by atoms with E-state index in [0.717, 1.165) is 12.3 Å². The van der Waals surface area contributed by atoms with Crippen LogP contribution >= 0.6 is 0 Å². The number of benzene rings is 1. The Bertz CT molecular complexity index is 396. The molecule has 104 valence electrons. The summed E-state index contributed by atoms with van der Waals surface area (Å²) in [6, 6.07) is 7.15. The predicted octanol–water partition coefficient (Wildman–Crippen LogP) is 2.48. The van der Waals surface area contributed by atoms with Crippen LogP contribution in [0.4, 0.5) is 0 Å². The lowest BCUT2D eigenvalue weighted by molar-refractivity contribution is -0.131. The maximum atomic E-state index is 10.8. The van der Waals surface area contributed by atoms with Gasteiger partial charge in [-0.05, 0) is 50.2 Å². The third-order valence-electron chi connectivity index (χ3n) is 3.21. The Morgan fingerprint density at radius 2 is 1.74 bits per heavy atom. The van der Waals surface area contributed by atoms with Crippen molar-refractivity contribution >= 4 is 5.97 Å². The van der Waals surface area contributed by atoms with Crippen LogP contribution in [0.3, 0.4) is 0 Å². The van der Waals surface area contributed by atoms with Crippen molar-refractivity contribution in [2.75, 3.05) is 26.2 Å². The lowest BCUT2D eigenvalue weighted by Gasteiger charge is -2.26. The van der Waals surface area contributed by atoms with Crippen LogP contribution in [0.2, 0.25) is 0 Å². The Kier molecular flexibility index (Phi) is 5.21. The van der Waals surface area contributed by atoms with Gasteiger partial charge in [-0.2, -0.15) is 0 Å². The lowest BCUT2D eigenvalue weighted by Crippen LogP contribution is -2.33. The van der Waals surface area contributed by atoms with Gasteiger partial charge in [0, 0.05) is 13.5 Å². The van der Waals surface area contributed by atoms with Crippen LogP contribution in [-0.2, 0) is 4.79 Å². The van der Waals surface area contributed by atoms with E-state index in [1.807, 2.05) is 12.1 Å². The zero-order valence-electron chi connectivity index (χ0n) is 11.4. The van der Waals surface area contributed by atoms with Crippen molar-refractivity contribution < 1.29 is 14.3 Å². The Balaban J connectivity index is 1.71. The highest BCUT2D eigenvalue weighted by atomic mass is 16.5. The van der Waals surface area contributed by atoms with Gasteiger partial charge < -0.3 is 9.47 Å². The molecule has 0 aromatic heterocycles. The second-order valence-electron chi connectivity index (χ2n) is 4.82. The molecule has 4 nitrogen and oxygen atoms in total. The van der Waals surface area contributed by atoms with Crippen molar-refractivity contribution in [1.82, 2.24) is 4.90 Å². The minimum Gasteiger partial charge on any atom is -0.492 e. The average molecular weight is 263 g/mol. The first kappa shape index (κ1) is 13.9. The van der Waals surface area contributed by atoms with Crippen LogP contribution in [0.5, 0.6) is 11.5 Å². The molecule has 2 rings (SSSR count). The smallest absolute Gasteiger partial charge is 0.308 e. The number of hydrogen-bond acceptors (Lipinski definition) is 4. The van der Waals surface area contributed by atoms with Crippen LogP contribution in [0.25, 0.3) is 0 Å². The van der Waals surface area contributed by atoms with Gasteiger partial charge in [-0.3, -0.25) is 9.69 Å². The van der Waals surface area contributed by atoms with E-state index in [0.29, 0.717) is 12.4 Å². The van der Waals surface area contributed by atoms with E-state index in [1.165, 1.54) is 39.3 Å². The van der Waals surface area contributed by atoms with E-state index < -0.39 is 0 Å². The van der Waals surface area contributed by atoms with Gasteiger partial charge in [0.15, 0.2) is 0 Å². The largest absolute Gasteiger partial charge is 0.492 e. The summed E-state index contributed by atoms with van der Waals surface area (Å²) >= 11 is 0. The molecule has 0 bridgehead atoms. The van der Waals surface area contributed by atoms with Crippen LogP contribution in [0.1, 0.15) is 26.2 Å². The summed E-state index contributed by atoms with van der Waals surface area (Å²) < 4.78 is 10.7. The molecule has 0 saturated carbocycles. The summed E-state index contributed by atoms with van der Waals surface area (Å²) in [6.45, 7) is 5.45. The summed E-state index contributed by atoms with van der Waals surface area (Å²) in [6.07, 6.45) is 3.96. The zero-order valence-corrected chi connectivity index (χ0v) is 11.4. The molecule has 1 aromatic rings. The molecule has 1 fully saturated rings. The molecule has 1 aromatic carbocycles. The number of ether oxygens (including phenoxy) is 2. The number of rotatable bonds is 5. The Labute approximate surface area is 114 Å². The molecule has 0 spiro atoms. The fourth-order valence-electron chi connectivity index (χ4n) is 2.25.